The number of nitrogens with one attached hydrogen (secondary N) is 2. The summed E-state index contributed by atoms with van der Waals surface area (Å²) in [6.07, 6.45) is 2.21. The fourth-order valence-corrected chi connectivity index (χ4v) is 1.54. The molecular formula is C12H17N5O. The van der Waals surface area contributed by atoms with E-state index in [1.54, 1.807) is 7.11 Å². The molecule has 2 rings (SSSR count). The SMILES string of the molecule is COc1ccc(N/N=N/C2=NCCCCN2)cc1. The number of rotatable bonds is 3. The molecule has 1 heterocycles. The summed E-state index contributed by atoms with van der Waals surface area (Å²) in [6, 6.07) is 7.47. The van der Waals surface area contributed by atoms with Crippen LogP contribution in [0.2, 0.25) is 0 Å². The zero-order valence-electron chi connectivity index (χ0n) is 10.4. The molecule has 0 bridgehead atoms. The quantitative estimate of drug-likeness (QED) is 0.635. The number of hydrogen-bond acceptors (Lipinski definition) is 5. The summed E-state index contributed by atoms with van der Waals surface area (Å²) in [7, 11) is 1.64. The van der Waals surface area contributed by atoms with Crippen LogP contribution in [0.5, 0.6) is 5.75 Å². The monoisotopic (exact) mass is 247 g/mol. The number of anilines is 1. The number of aliphatic imine (C=N–C) groups is 1. The Morgan fingerprint density at radius 3 is 2.89 bits per heavy atom. The molecule has 6 nitrogen and oxygen atoms in total. The molecule has 0 spiro atoms. The van der Waals surface area contributed by atoms with Crippen molar-refractivity contribution in [2.75, 3.05) is 25.6 Å². The van der Waals surface area contributed by atoms with Crippen molar-refractivity contribution >= 4 is 11.6 Å². The molecule has 2 N–H and O–H groups in total. The second-order valence-electron chi connectivity index (χ2n) is 3.88. The summed E-state index contributed by atoms with van der Waals surface area (Å²) in [5.41, 5.74) is 3.70. The van der Waals surface area contributed by atoms with Crippen molar-refractivity contribution in [2.45, 2.75) is 12.8 Å². The van der Waals surface area contributed by atoms with Gasteiger partial charge in [-0.05, 0) is 37.1 Å². The lowest BCUT2D eigenvalue weighted by Crippen LogP contribution is -2.20. The lowest BCUT2D eigenvalue weighted by atomic mass is 10.3. The van der Waals surface area contributed by atoms with Crippen molar-refractivity contribution in [2.24, 2.45) is 15.3 Å². The van der Waals surface area contributed by atoms with E-state index in [1.165, 1.54) is 0 Å². The van der Waals surface area contributed by atoms with E-state index >= 15 is 0 Å². The summed E-state index contributed by atoms with van der Waals surface area (Å²) in [4.78, 5) is 4.27. The van der Waals surface area contributed by atoms with Crippen LogP contribution in [0.1, 0.15) is 12.8 Å². The Morgan fingerprint density at radius 2 is 2.11 bits per heavy atom. The van der Waals surface area contributed by atoms with Crippen LogP contribution in [-0.2, 0) is 0 Å². The minimum Gasteiger partial charge on any atom is -0.497 e. The van der Waals surface area contributed by atoms with Crippen molar-refractivity contribution in [3.63, 3.8) is 0 Å². The summed E-state index contributed by atoms with van der Waals surface area (Å²) in [5, 5.41) is 11.0. The van der Waals surface area contributed by atoms with Gasteiger partial charge in [0.15, 0.2) is 0 Å². The summed E-state index contributed by atoms with van der Waals surface area (Å²) >= 11 is 0. The standard InChI is InChI=1S/C12H17N5O/c1-18-11-6-4-10(5-7-11)15-17-16-12-13-8-2-3-9-14-12/h4-7H,2-3,8-9H2,1H3,(H2,13,14,15,16). The first kappa shape index (κ1) is 12.3. The van der Waals surface area contributed by atoms with Gasteiger partial charge in [0.05, 0.1) is 12.8 Å². The molecule has 0 aliphatic carbocycles. The van der Waals surface area contributed by atoms with Crippen LogP contribution in [0.3, 0.4) is 0 Å². The van der Waals surface area contributed by atoms with Crippen molar-refractivity contribution in [1.29, 1.82) is 0 Å². The lowest BCUT2D eigenvalue weighted by molar-refractivity contribution is 0.415. The van der Waals surface area contributed by atoms with Gasteiger partial charge < -0.3 is 10.1 Å². The van der Waals surface area contributed by atoms with Gasteiger partial charge in [-0.15, -0.1) is 0 Å². The zero-order chi connectivity index (χ0) is 12.6. The number of guanidine groups is 1. The number of methoxy groups -OCH3 is 1. The Balaban J connectivity index is 1.87. The van der Waals surface area contributed by atoms with Gasteiger partial charge in [0.1, 0.15) is 5.75 Å². The fraction of sp³-hybridized carbons (Fsp3) is 0.417. The molecule has 1 aromatic carbocycles. The van der Waals surface area contributed by atoms with E-state index in [-0.39, 0.29) is 0 Å². The number of hydrogen-bond donors (Lipinski definition) is 2. The molecule has 1 aliphatic heterocycles. The third-order valence-corrected chi connectivity index (χ3v) is 2.54. The maximum Gasteiger partial charge on any atom is 0.239 e. The largest absolute Gasteiger partial charge is 0.497 e. The molecule has 96 valence electrons. The molecule has 18 heavy (non-hydrogen) atoms. The first-order chi connectivity index (χ1) is 8.88. The van der Waals surface area contributed by atoms with Gasteiger partial charge in [0, 0.05) is 13.1 Å². The highest BCUT2D eigenvalue weighted by Crippen LogP contribution is 2.14. The molecule has 0 unspecified atom stereocenters. The smallest absolute Gasteiger partial charge is 0.239 e. The van der Waals surface area contributed by atoms with Crippen LogP contribution in [0.4, 0.5) is 5.69 Å². The van der Waals surface area contributed by atoms with E-state index in [1.807, 2.05) is 24.3 Å². The molecule has 0 fully saturated rings. The topological polar surface area (TPSA) is 70.4 Å². The highest BCUT2D eigenvalue weighted by Gasteiger charge is 2.00. The zero-order valence-corrected chi connectivity index (χ0v) is 10.4. The Kier molecular flexibility index (Phi) is 4.52. The van der Waals surface area contributed by atoms with Gasteiger partial charge in [0.2, 0.25) is 5.96 Å². The molecule has 6 heteroatoms. The average molecular weight is 247 g/mol. The predicted octanol–water partition coefficient (Wildman–Crippen LogP) is 2.21. The van der Waals surface area contributed by atoms with Gasteiger partial charge in [-0.2, -0.15) is 0 Å². The fourth-order valence-electron chi connectivity index (χ4n) is 1.54. The first-order valence-corrected chi connectivity index (χ1v) is 5.97. The molecule has 1 aromatic rings. The Bertz CT molecular complexity index is 427. The molecular weight excluding hydrogens is 230 g/mol. The van der Waals surface area contributed by atoms with Crippen molar-refractivity contribution in [3.8, 4) is 5.75 Å². The van der Waals surface area contributed by atoms with E-state index < -0.39 is 0 Å². The van der Waals surface area contributed by atoms with E-state index in [4.69, 9.17) is 4.74 Å². The maximum absolute atomic E-state index is 5.07. The van der Waals surface area contributed by atoms with Gasteiger partial charge in [-0.1, -0.05) is 10.3 Å². The van der Waals surface area contributed by atoms with E-state index in [0.29, 0.717) is 5.96 Å². The van der Waals surface area contributed by atoms with E-state index in [9.17, 15) is 0 Å². The molecule has 0 saturated heterocycles. The highest BCUT2D eigenvalue weighted by atomic mass is 16.5. The molecule has 1 aliphatic rings. The van der Waals surface area contributed by atoms with Gasteiger partial charge in [0.25, 0.3) is 0 Å². The van der Waals surface area contributed by atoms with Crippen LogP contribution in [0.25, 0.3) is 0 Å². The van der Waals surface area contributed by atoms with Crippen LogP contribution < -0.4 is 15.5 Å². The molecule has 0 radical (unpaired) electrons. The van der Waals surface area contributed by atoms with Crippen LogP contribution >= 0.6 is 0 Å². The second kappa shape index (κ2) is 6.58. The van der Waals surface area contributed by atoms with Gasteiger partial charge in [-0.3, -0.25) is 5.43 Å². The molecule has 0 atom stereocenters. The third kappa shape index (κ3) is 3.73. The summed E-state index contributed by atoms with van der Waals surface area (Å²) < 4.78 is 5.07. The van der Waals surface area contributed by atoms with Crippen LogP contribution in [0.15, 0.2) is 39.6 Å². The summed E-state index contributed by atoms with van der Waals surface area (Å²) in [6.45, 7) is 1.71. The summed E-state index contributed by atoms with van der Waals surface area (Å²) in [5.74, 6) is 1.40. The third-order valence-electron chi connectivity index (χ3n) is 2.54. The Hall–Kier alpha value is -2.11. The highest BCUT2D eigenvalue weighted by molar-refractivity contribution is 5.80. The van der Waals surface area contributed by atoms with Gasteiger partial charge in [-0.25, -0.2) is 4.99 Å². The molecule has 0 amide bonds. The number of ether oxygens (including phenoxy) is 1. The van der Waals surface area contributed by atoms with Crippen LogP contribution in [-0.4, -0.2) is 26.2 Å². The van der Waals surface area contributed by atoms with Crippen molar-refractivity contribution in [1.82, 2.24) is 5.32 Å². The van der Waals surface area contributed by atoms with E-state index in [0.717, 1.165) is 37.4 Å². The Labute approximate surface area is 106 Å². The number of nitrogens with zero attached hydrogens (tertiary/aromatic N) is 3. The van der Waals surface area contributed by atoms with Gasteiger partial charge >= 0.3 is 0 Å². The van der Waals surface area contributed by atoms with Crippen molar-refractivity contribution < 1.29 is 4.74 Å². The second-order valence-corrected chi connectivity index (χ2v) is 3.88. The first-order valence-electron chi connectivity index (χ1n) is 5.97. The minimum absolute atomic E-state index is 0.591. The molecule has 0 aromatic heterocycles. The minimum atomic E-state index is 0.591. The lowest BCUT2D eigenvalue weighted by Gasteiger charge is -2.02. The predicted molar refractivity (Wildman–Crippen MR) is 71.0 cm³/mol. The number of benzene rings is 1. The normalized spacial score (nSPS) is 15.7. The van der Waals surface area contributed by atoms with Crippen LogP contribution in [0, 0.1) is 0 Å². The Morgan fingerprint density at radius 1 is 1.28 bits per heavy atom. The maximum atomic E-state index is 5.07. The van der Waals surface area contributed by atoms with E-state index in [2.05, 4.69) is 26.1 Å². The molecule has 0 saturated carbocycles. The average Bonchev–Trinajstić information content (AvgIpc) is 2.68. The van der Waals surface area contributed by atoms with Crippen molar-refractivity contribution in [3.05, 3.63) is 24.3 Å².